The molecule has 0 amide bonds. The van der Waals surface area contributed by atoms with Crippen LogP contribution in [-0.4, -0.2) is 14.5 Å². The second kappa shape index (κ2) is 9.22. The van der Waals surface area contributed by atoms with Crippen molar-refractivity contribution in [3.63, 3.8) is 0 Å². The standard InChI is InChI=1S/C24H18IN3O3/c25-19-10-11-22-21(16-19)24(29)27(14-13-17-5-2-1-3-6-17)23(26-22)12-9-18-7-4-8-20(15-18)28(30)31/h1-12,15-16H,13-14H2/b12-9+. The molecule has 6 nitrogen and oxygen atoms in total. The minimum atomic E-state index is -0.428. The van der Waals surface area contributed by atoms with Gasteiger partial charge in [-0.15, -0.1) is 0 Å². The number of non-ortho nitro benzene ring substituents is 1. The van der Waals surface area contributed by atoms with Gasteiger partial charge in [-0.3, -0.25) is 19.5 Å². The highest BCUT2D eigenvalue weighted by Gasteiger charge is 2.11. The Hall–Kier alpha value is -3.33. The van der Waals surface area contributed by atoms with Crippen molar-refractivity contribution in [3.05, 3.63) is 114 Å². The third-order valence-corrected chi connectivity index (χ3v) is 5.59. The zero-order valence-electron chi connectivity index (χ0n) is 16.4. The van der Waals surface area contributed by atoms with Crippen molar-refractivity contribution in [2.75, 3.05) is 0 Å². The molecule has 0 saturated heterocycles. The van der Waals surface area contributed by atoms with Gasteiger partial charge in [0, 0.05) is 22.2 Å². The average molecular weight is 523 g/mol. The first kappa shape index (κ1) is 20.9. The summed E-state index contributed by atoms with van der Waals surface area (Å²) in [5, 5.41) is 11.6. The Labute approximate surface area is 192 Å². The maximum atomic E-state index is 13.3. The fourth-order valence-electron chi connectivity index (χ4n) is 3.35. The normalized spacial score (nSPS) is 11.3. The van der Waals surface area contributed by atoms with Crippen LogP contribution in [0.5, 0.6) is 0 Å². The summed E-state index contributed by atoms with van der Waals surface area (Å²) in [5.41, 5.74) is 2.34. The number of hydrogen-bond donors (Lipinski definition) is 0. The van der Waals surface area contributed by atoms with Gasteiger partial charge in [-0.2, -0.15) is 0 Å². The second-order valence-corrected chi connectivity index (χ2v) is 8.25. The van der Waals surface area contributed by atoms with Gasteiger partial charge < -0.3 is 0 Å². The van der Waals surface area contributed by atoms with Crippen molar-refractivity contribution < 1.29 is 4.92 Å². The van der Waals surface area contributed by atoms with Crippen LogP contribution >= 0.6 is 22.6 Å². The Kier molecular flexibility index (Phi) is 6.22. The summed E-state index contributed by atoms with van der Waals surface area (Å²) >= 11 is 2.18. The molecular formula is C24H18IN3O3. The molecule has 3 aromatic carbocycles. The number of fused-ring (bicyclic) bond motifs is 1. The fraction of sp³-hybridized carbons (Fsp3) is 0.0833. The Balaban J connectivity index is 1.77. The van der Waals surface area contributed by atoms with Crippen molar-refractivity contribution >= 4 is 51.3 Å². The van der Waals surface area contributed by atoms with Gasteiger partial charge in [0.25, 0.3) is 11.2 Å². The highest BCUT2D eigenvalue weighted by molar-refractivity contribution is 14.1. The smallest absolute Gasteiger partial charge is 0.270 e. The summed E-state index contributed by atoms with van der Waals surface area (Å²) in [7, 11) is 0. The van der Waals surface area contributed by atoms with Crippen LogP contribution in [0.4, 0.5) is 5.69 Å². The summed E-state index contributed by atoms with van der Waals surface area (Å²) in [6, 6.07) is 21.9. The van der Waals surface area contributed by atoms with E-state index in [1.165, 1.54) is 12.1 Å². The number of hydrogen-bond acceptors (Lipinski definition) is 4. The summed E-state index contributed by atoms with van der Waals surface area (Å²) in [6.07, 6.45) is 4.17. The van der Waals surface area contributed by atoms with Gasteiger partial charge in [0.2, 0.25) is 0 Å². The molecule has 1 heterocycles. The van der Waals surface area contributed by atoms with Gasteiger partial charge >= 0.3 is 0 Å². The molecule has 0 radical (unpaired) electrons. The van der Waals surface area contributed by atoms with Crippen LogP contribution < -0.4 is 5.56 Å². The molecule has 0 atom stereocenters. The number of nitrogens with zero attached hydrogens (tertiary/aromatic N) is 3. The van der Waals surface area contributed by atoms with Crippen LogP contribution in [0.2, 0.25) is 0 Å². The largest absolute Gasteiger partial charge is 0.292 e. The van der Waals surface area contributed by atoms with Crippen LogP contribution in [0, 0.1) is 13.7 Å². The monoisotopic (exact) mass is 523 g/mol. The predicted molar refractivity (Wildman–Crippen MR) is 131 cm³/mol. The topological polar surface area (TPSA) is 78.0 Å². The molecule has 0 aliphatic heterocycles. The van der Waals surface area contributed by atoms with Crippen molar-refractivity contribution in [1.29, 1.82) is 0 Å². The minimum absolute atomic E-state index is 0.0182. The highest BCUT2D eigenvalue weighted by Crippen LogP contribution is 2.17. The van der Waals surface area contributed by atoms with Gasteiger partial charge in [-0.1, -0.05) is 48.5 Å². The van der Waals surface area contributed by atoms with Gasteiger partial charge in [-0.25, -0.2) is 4.98 Å². The molecule has 0 N–H and O–H groups in total. The van der Waals surface area contributed by atoms with E-state index >= 15 is 0 Å². The van der Waals surface area contributed by atoms with E-state index in [1.807, 2.05) is 48.5 Å². The molecule has 0 aliphatic rings. The van der Waals surface area contributed by atoms with E-state index in [2.05, 4.69) is 22.6 Å². The summed E-state index contributed by atoms with van der Waals surface area (Å²) in [5.74, 6) is 0.515. The number of aryl methyl sites for hydroxylation is 1. The fourth-order valence-corrected chi connectivity index (χ4v) is 3.84. The van der Waals surface area contributed by atoms with E-state index in [4.69, 9.17) is 4.98 Å². The molecule has 0 fully saturated rings. The molecule has 0 spiro atoms. The van der Waals surface area contributed by atoms with Crippen molar-refractivity contribution in [3.8, 4) is 0 Å². The van der Waals surface area contributed by atoms with Gasteiger partial charge in [-0.05, 0) is 64.4 Å². The number of aromatic nitrogens is 2. The maximum absolute atomic E-state index is 13.3. The Morgan fingerprint density at radius 2 is 1.81 bits per heavy atom. The average Bonchev–Trinajstić information content (AvgIpc) is 2.78. The first-order chi connectivity index (χ1) is 15.0. The number of rotatable bonds is 6. The van der Waals surface area contributed by atoms with Crippen molar-refractivity contribution in [2.45, 2.75) is 13.0 Å². The molecule has 0 saturated carbocycles. The molecule has 7 heteroatoms. The zero-order chi connectivity index (χ0) is 21.8. The summed E-state index contributed by atoms with van der Waals surface area (Å²) in [6.45, 7) is 0.478. The first-order valence-electron chi connectivity index (χ1n) is 9.68. The van der Waals surface area contributed by atoms with Gasteiger partial charge in [0.1, 0.15) is 5.82 Å². The second-order valence-electron chi connectivity index (χ2n) is 7.01. The molecular weight excluding hydrogens is 505 g/mol. The lowest BCUT2D eigenvalue weighted by Crippen LogP contribution is -2.25. The third-order valence-electron chi connectivity index (χ3n) is 4.92. The van der Waals surface area contributed by atoms with E-state index in [9.17, 15) is 14.9 Å². The zero-order valence-corrected chi connectivity index (χ0v) is 18.6. The van der Waals surface area contributed by atoms with Gasteiger partial charge in [0.15, 0.2) is 0 Å². The lowest BCUT2D eigenvalue weighted by molar-refractivity contribution is -0.384. The maximum Gasteiger partial charge on any atom is 0.270 e. The highest BCUT2D eigenvalue weighted by atomic mass is 127. The molecule has 4 aromatic rings. The van der Waals surface area contributed by atoms with Crippen LogP contribution in [0.25, 0.3) is 23.1 Å². The lowest BCUT2D eigenvalue weighted by Gasteiger charge is -2.12. The molecule has 154 valence electrons. The van der Waals surface area contributed by atoms with Crippen molar-refractivity contribution in [1.82, 2.24) is 9.55 Å². The lowest BCUT2D eigenvalue weighted by atomic mass is 10.1. The van der Waals surface area contributed by atoms with Crippen LogP contribution in [0.3, 0.4) is 0 Å². The molecule has 31 heavy (non-hydrogen) atoms. The van der Waals surface area contributed by atoms with Crippen LogP contribution in [0.15, 0.2) is 77.6 Å². The van der Waals surface area contributed by atoms with E-state index in [0.717, 1.165) is 9.13 Å². The first-order valence-corrected chi connectivity index (χ1v) is 10.8. The third kappa shape index (κ3) is 4.88. The van der Waals surface area contributed by atoms with Crippen molar-refractivity contribution in [2.24, 2.45) is 0 Å². The quantitative estimate of drug-likeness (QED) is 0.195. The molecule has 0 unspecified atom stereocenters. The SMILES string of the molecule is O=c1c2cc(I)ccc2nc(/C=C/c2cccc([N+](=O)[O-])c2)n1CCc1ccccc1. The minimum Gasteiger partial charge on any atom is -0.292 e. The number of nitro groups is 1. The van der Waals surface area contributed by atoms with Crippen LogP contribution in [-0.2, 0) is 13.0 Å². The molecule has 0 aliphatic carbocycles. The van der Waals surface area contributed by atoms with E-state index in [-0.39, 0.29) is 11.2 Å². The van der Waals surface area contributed by atoms with E-state index in [0.29, 0.717) is 35.3 Å². The number of halogens is 1. The molecule has 0 bridgehead atoms. The molecule has 4 rings (SSSR count). The Bertz CT molecular complexity index is 1350. The predicted octanol–water partition coefficient (Wildman–Crippen LogP) is 5.32. The van der Waals surface area contributed by atoms with Gasteiger partial charge in [0.05, 0.1) is 15.8 Å². The van der Waals surface area contributed by atoms with E-state index < -0.39 is 4.92 Å². The summed E-state index contributed by atoms with van der Waals surface area (Å²) < 4.78 is 2.64. The number of nitro benzene ring substituents is 1. The number of benzene rings is 3. The summed E-state index contributed by atoms with van der Waals surface area (Å²) in [4.78, 5) is 28.6. The Morgan fingerprint density at radius 1 is 1.00 bits per heavy atom. The van der Waals surface area contributed by atoms with E-state index in [1.54, 1.807) is 28.9 Å². The van der Waals surface area contributed by atoms with Crippen LogP contribution in [0.1, 0.15) is 17.0 Å². The Morgan fingerprint density at radius 3 is 2.58 bits per heavy atom. The molecule has 1 aromatic heterocycles.